The first-order valence-corrected chi connectivity index (χ1v) is 8.14. The average molecular weight is 344 g/mol. The summed E-state index contributed by atoms with van der Waals surface area (Å²) < 4.78 is 40.6. The molecule has 7 heteroatoms. The van der Waals surface area contributed by atoms with Gasteiger partial charge in [-0.3, -0.25) is 4.79 Å². The molecule has 0 unspecified atom stereocenters. The lowest BCUT2D eigenvalue weighted by molar-refractivity contribution is -0.274. The number of carbonyl (C=O) groups is 1. The van der Waals surface area contributed by atoms with Crippen LogP contribution in [0.15, 0.2) is 24.3 Å². The number of amides is 1. The summed E-state index contributed by atoms with van der Waals surface area (Å²) in [5.41, 5.74) is 0.506. The highest BCUT2D eigenvalue weighted by Crippen LogP contribution is 2.23. The van der Waals surface area contributed by atoms with Crippen molar-refractivity contribution in [2.75, 3.05) is 33.2 Å². The van der Waals surface area contributed by atoms with Gasteiger partial charge in [-0.1, -0.05) is 18.6 Å². The number of carbonyl (C=O) groups excluding carboxylic acids is 1. The summed E-state index contributed by atoms with van der Waals surface area (Å²) in [7, 11) is 1.72. The highest BCUT2D eigenvalue weighted by Gasteiger charge is 2.31. The number of hydrogen-bond acceptors (Lipinski definition) is 3. The summed E-state index contributed by atoms with van der Waals surface area (Å²) in [5.74, 6) is -0.417. The van der Waals surface area contributed by atoms with Crippen LogP contribution in [-0.4, -0.2) is 55.3 Å². The van der Waals surface area contributed by atoms with Gasteiger partial charge in [0.2, 0.25) is 5.91 Å². The molecule has 1 saturated heterocycles. The molecule has 0 bridgehead atoms. The summed E-state index contributed by atoms with van der Waals surface area (Å²) in [6.45, 7) is 3.59. The minimum absolute atomic E-state index is 0.0611. The number of likely N-dealkylation sites (tertiary alicyclic amines) is 1. The number of rotatable bonds is 6. The molecule has 1 aliphatic rings. The van der Waals surface area contributed by atoms with Crippen molar-refractivity contribution in [3.8, 4) is 5.75 Å². The van der Waals surface area contributed by atoms with Crippen LogP contribution in [0, 0.1) is 0 Å². The van der Waals surface area contributed by atoms with Crippen molar-refractivity contribution in [2.45, 2.75) is 32.0 Å². The molecule has 24 heavy (non-hydrogen) atoms. The Morgan fingerprint density at radius 3 is 2.62 bits per heavy atom. The smallest absolute Gasteiger partial charge is 0.406 e. The molecule has 2 rings (SSSR count). The summed E-state index contributed by atoms with van der Waals surface area (Å²) >= 11 is 0. The third-order valence-electron chi connectivity index (χ3n) is 4.11. The van der Waals surface area contributed by atoms with E-state index in [0.717, 1.165) is 19.6 Å². The van der Waals surface area contributed by atoms with Crippen molar-refractivity contribution in [3.05, 3.63) is 29.8 Å². The van der Waals surface area contributed by atoms with E-state index >= 15 is 0 Å². The highest BCUT2D eigenvalue weighted by molar-refractivity contribution is 5.78. The Morgan fingerprint density at radius 1 is 1.25 bits per heavy atom. The lowest BCUT2D eigenvalue weighted by atomic mass is 10.1. The second-order valence-electron chi connectivity index (χ2n) is 6.09. The molecule has 0 radical (unpaired) electrons. The van der Waals surface area contributed by atoms with Gasteiger partial charge in [0, 0.05) is 20.1 Å². The number of nitrogens with zero attached hydrogens (tertiary/aromatic N) is 2. The van der Waals surface area contributed by atoms with E-state index in [1.165, 1.54) is 37.5 Å². The third kappa shape index (κ3) is 6.39. The van der Waals surface area contributed by atoms with Gasteiger partial charge in [-0.05, 0) is 43.6 Å². The van der Waals surface area contributed by atoms with Gasteiger partial charge in [-0.2, -0.15) is 0 Å². The molecule has 4 nitrogen and oxygen atoms in total. The van der Waals surface area contributed by atoms with Crippen LogP contribution in [0.1, 0.15) is 24.8 Å². The van der Waals surface area contributed by atoms with E-state index in [1.807, 2.05) is 0 Å². The Morgan fingerprint density at radius 2 is 1.96 bits per heavy atom. The number of benzene rings is 1. The predicted octanol–water partition coefficient (Wildman–Crippen LogP) is 3.07. The molecule has 0 atom stereocenters. The lowest BCUT2D eigenvalue weighted by Gasteiger charge is -2.28. The molecular weight excluding hydrogens is 321 g/mol. The minimum Gasteiger partial charge on any atom is -0.406 e. The Labute approximate surface area is 140 Å². The molecular formula is C17H23F3N2O2. The zero-order chi connectivity index (χ0) is 17.6. The second kappa shape index (κ2) is 8.37. The van der Waals surface area contributed by atoms with Crippen molar-refractivity contribution in [2.24, 2.45) is 0 Å². The monoisotopic (exact) mass is 344 g/mol. The lowest BCUT2D eigenvalue weighted by Crippen LogP contribution is -2.39. The fourth-order valence-electron chi connectivity index (χ4n) is 2.76. The van der Waals surface area contributed by atoms with E-state index < -0.39 is 6.36 Å². The standard InChI is InChI=1S/C17H23F3N2O2/c1-21(10-11-22-8-3-2-4-9-22)16(23)13-14-6-5-7-15(12-14)24-17(18,19)20/h5-7,12H,2-4,8-11,13H2,1H3. The van der Waals surface area contributed by atoms with E-state index in [1.54, 1.807) is 18.0 Å². The van der Waals surface area contributed by atoms with Crippen LogP contribution >= 0.6 is 0 Å². The number of likely N-dealkylation sites (N-methyl/N-ethyl adjacent to an activating group) is 1. The van der Waals surface area contributed by atoms with Gasteiger partial charge in [0.05, 0.1) is 6.42 Å². The minimum atomic E-state index is -4.73. The molecule has 0 aromatic heterocycles. The summed E-state index contributed by atoms with van der Waals surface area (Å²) in [5, 5.41) is 0. The normalized spacial score (nSPS) is 16.0. The van der Waals surface area contributed by atoms with Gasteiger partial charge >= 0.3 is 6.36 Å². The van der Waals surface area contributed by atoms with Crippen LogP contribution in [0.2, 0.25) is 0 Å². The van der Waals surface area contributed by atoms with Crippen LogP contribution in [0.4, 0.5) is 13.2 Å². The molecule has 0 saturated carbocycles. The molecule has 0 spiro atoms. The number of alkyl halides is 3. The summed E-state index contributed by atoms with van der Waals surface area (Å²) in [4.78, 5) is 16.2. The third-order valence-corrected chi connectivity index (χ3v) is 4.11. The Hall–Kier alpha value is -1.76. The molecule has 134 valence electrons. The number of hydrogen-bond donors (Lipinski definition) is 0. The Balaban J connectivity index is 1.83. The van der Waals surface area contributed by atoms with E-state index in [0.29, 0.717) is 12.1 Å². The van der Waals surface area contributed by atoms with E-state index in [9.17, 15) is 18.0 Å². The van der Waals surface area contributed by atoms with Crippen molar-refractivity contribution < 1.29 is 22.7 Å². The van der Waals surface area contributed by atoms with Gasteiger partial charge < -0.3 is 14.5 Å². The van der Waals surface area contributed by atoms with Crippen LogP contribution in [-0.2, 0) is 11.2 Å². The highest BCUT2D eigenvalue weighted by atomic mass is 19.4. The SMILES string of the molecule is CN(CCN1CCCCC1)C(=O)Cc1cccc(OC(F)(F)F)c1. The second-order valence-corrected chi connectivity index (χ2v) is 6.09. The zero-order valence-electron chi connectivity index (χ0n) is 13.8. The predicted molar refractivity (Wildman–Crippen MR) is 84.8 cm³/mol. The maximum Gasteiger partial charge on any atom is 0.573 e. The van der Waals surface area contributed by atoms with E-state index in [2.05, 4.69) is 9.64 Å². The number of piperidine rings is 1. The summed E-state index contributed by atoms with van der Waals surface area (Å²) in [6.07, 6.45) is -1.01. The molecule has 0 aliphatic carbocycles. The van der Waals surface area contributed by atoms with Crippen molar-refractivity contribution >= 4 is 5.91 Å². The largest absolute Gasteiger partial charge is 0.573 e. The topological polar surface area (TPSA) is 32.8 Å². The van der Waals surface area contributed by atoms with Crippen LogP contribution in [0.25, 0.3) is 0 Å². The molecule has 1 heterocycles. The molecule has 1 aromatic carbocycles. The fourth-order valence-corrected chi connectivity index (χ4v) is 2.76. The average Bonchev–Trinajstić information content (AvgIpc) is 2.52. The van der Waals surface area contributed by atoms with E-state index in [4.69, 9.17) is 0 Å². The van der Waals surface area contributed by atoms with Crippen LogP contribution in [0.3, 0.4) is 0 Å². The number of halogens is 3. The molecule has 1 fully saturated rings. The first-order valence-electron chi connectivity index (χ1n) is 8.14. The van der Waals surface area contributed by atoms with Gasteiger partial charge in [-0.25, -0.2) is 0 Å². The zero-order valence-corrected chi connectivity index (χ0v) is 13.8. The Bertz CT molecular complexity index is 543. The molecule has 1 aliphatic heterocycles. The van der Waals surface area contributed by atoms with Gasteiger partial charge in [0.1, 0.15) is 5.75 Å². The van der Waals surface area contributed by atoms with Gasteiger partial charge in [0.15, 0.2) is 0 Å². The molecule has 0 N–H and O–H groups in total. The first-order chi connectivity index (χ1) is 11.3. The van der Waals surface area contributed by atoms with E-state index in [-0.39, 0.29) is 18.1 Å². The van der Waals surface area contributed by atoms with Crippen molar-refractivity contribution in [1.82, 2.24) is 9.80 Å². The van der Waals surface area contributed by atoms with Crippen molar-refractivity contribution in [1.29, 1.82) is 0 Å². The van der Waals surface area contributed by atoms with Crippen LogP contribution < -0.4 is 4.74 Å². The Kier molecular flexibility index (Phi) is 6.48. The quantitative estimate of drug-likeness (QED) is 0.795. The maximum absolute atomic E-state index is 12.2. The fraction of sp³-hybridized carbons (Fsp3) is 0.588. The van der Waals surface area contributed by atoms with Crippen molar-refractivity contribution in [3.63, 3.8) is 0 Å². The van der Waals surface area contributed by atoms with Gasteiger partial charge in [-0.15, -0.1) is 13.2 Å². The maximum atomic E-state index is 12.2. The first kappa shape index (κ1) is 18.6. The van der Waals surface area contributed by atoms with Crippen LogP contribution in [0.5, 0.6) is 5.75 Å². The van der Waals surface area contributed by atoms with Gasteiger partial charge in [0.25, 0.3) is 0 Å². The summed E-state index contributed by atoms with van der Waals surface area (Å²) in [6, 6.07) is 5.56. The molecule has 1 aromatic rings. The number of ether oxygens (including phenoxy) is 1. The molecule has 1 amide bonds.